The molecule has 1 atom stereocenters. The number of aliphatic carboxylic acids is 1. The molecule has 1 heterocycles. The lowest BCUT2D eigenvalue weighted by molar-refractivity contribution is -0.141. The molecule has 0 saturated carbocycles. The van der Waals surface area contributed by atoms with Crippen molar-refractivity contribution in [2.75, 3.05) is 0 Å². The Labute approximate surface area is 124 Å². The highest BCUT2D eigenvalue weighted by molar-refractivity contribution is 5.83. The zero-order valence-electron chi connectivity index (χ0n) is 11.8. The summed E-state index contributed by atoms with van der Waals surface area (Å²) >= 11 is 0. The molecule has 0 fully saturated rings. The standard InChI is InChI=1S/C14H15N3O5/c1-8(14(21)22)15-11(18)6-7-17-13(20)10-5-3-2-4-9(10)12(19)16-17/h2-5,8H,6-7H2,1H3,(H,15,18)(H,16,19)(H,21,22)/t8-/m0/s1. The van der Waals surface area contributed by atoms with E-state index in [9.17, 15) is 19.2 Å². The second kappa shape index (κ2) is 6.25. The lowest BCUT2D eigenvalue weighted by Gasteiger charge is -2.10. The molecule has 116 valence electrons. The molecule has 0 aliphatic rings. The van der Waals surface area contributed by atoms with E-state index in [1.165, 1.54) is 13.0 Å². The van der Waals surface area contributed by atoms with Crippen molar-refractivity contribution in [2.45, 2.75) is 25.9 Å². The first-order valence-corrected chi connectivity index (χ1v) is 6.64. The number of nitrogens with zero attached hydrogens (tertiary/aromatic N) is 1. The molecule has 8 nitrogen and oxygen atoms in total. The molecule has 22 heavy (non-hydrogen) atoms. The van der Waals surface area contributed by atoms with Gasteiger partial charge in [0.05, 0.1) is 17.3 Å². The third-order valence-corrected chi connectivity index (χ3v) is 3.19. The summed E-state index contributed by atoms with van der Waals surface area (Å²) in [5.41, 5.74) is -0.830. The topological polar surface area (TPSA) is 121 Å². The van der Waals surface area contributed by atoms with Crippen LogP contribution in [0.2, 0.25) is 0 Å². The number of carbonyl (C=O) groups is 2. The number of aromatic nitrogens is 2. The molecule has 1 aromatic heterocycles. The summed E-state index contributed by atoms with van der Waals surface area (Å²) in [6.45, 7) is 1.29. The molecule has 8 heteroatoms. The third-order valence-electron chi connectivity index (χ3n) is 3.19. The van der Waals surface area contributed by atoms with Crippen molar-refractivity contribution in [2.24, 2.45) is 0 Å². The van der Waals surface area contributed by atoms with Gasteiger partial charge in [-0.25, -0.2) is 4.68 Å². The van der Waals surface area contributed by atoms with Gasteiger partial charge < -0.3 is 10.4 Å². The Kier molecular flexibility index (Phi) is 4.40. The minimum Gasteiger partial charge on any atom is -0.480 e. The van der Waals surface area contributed by atoms with Crippen LogP contribution >= 0.6 is 0 Å². The van der Waals surface area contributed by atoms with Crippen LogP contribution in [0.1, 0.15) is 13.3 Å². The number of carboxylic acids is 1. The average Bonchev–Trinajstić information content (AvgIpc) is 2.49. The molecular weight excluding hydrogens is 290 g/mol. The van der Waals surface area contributed by atoms with Crippen LogP contribution < -0.4 is 16.4 Å². The Morgan fingerprint density at radius 3 is 2.55 bits per heavy atom. The summed E-state index contributed by atoms with van der Waals surface area (Å²) < 4.78 is 1.05. The predicted molar refractivity (Wildman–Crippen MR) is 78.7 cm³/mol. The normalized spacial score (nSPS) is 12.0. The Hall–Kier alpha value is -2.90. The molecule has 0 radical (unpaired) electrons. The fraction of sp³-hybridized carbons (Fsp3) is 0.286. The van der Waals surface area contributed by atoms with E-state index in [1.54, 1.807) is 18.2 Å². The first kappa shape index (κ1) is 15.5. The van der Waals surface area contributed by atoms with Gasteiger partial charge in [-0.05, 0) is 19.1 Å². The minimum absolute atomic E-state index is 0.0446. The summed E-state index contributed by atoms with van der Waals surface area (Å²) in [6, 6.07) is 5.37. The van der Waals surface area contributed by atoms with Gasteiger partial charge in [-0.1, -0.05) is 12.1 Å². The van der Waals surface area contributed by atoms with Crippen LogP contribution in [0.5, 0.6) is 0 Å². The summed E-state index contributed by atoms with van der Waals surface area (Å²) in [4.78, 5) is 46.3. The Morgan fingerprint density at radius 2 is 1.91 bits per heavy atom. The predicted octanol–water partition coefficient (Wildman–Crippen LogP) is -0.331. The number of carboxylic acid groups (broad SMARTS) is 1. The minimum atomic E-state index is -1.15. The molecule has 2 aromatic rings. The molecule has 3 N–H and O–H groups in total. The lowest BCUT2D eigenvalue weighted by Crippen LogP contribution is -2.39. The van der Waals surface area contributed by atoms with Crippen LogP contribution in [-0.4, -0.2) is 32.8 Å². The van der Waals surface area contributed by atoms with Crippen molar-refractivity contribution >= 4 is 22.6 Å². The van der Waals surface area contributed by atoms with Crippen molar-refractivity contribution in [1.29, 1.82) is 0 Å². The number of rotatable bonds is 5. The maximum atomic E-state index is 12.2. The number of amides is 1. The maximum absolute atomic E-state index is 12.2. The summed E-state index contributed by atoms with van der Waals surface area (Å²) in [7, 11) is 0. The van der Waals surface area contributed by atoms with Gasteiger partial charge in [-0.3, -0.25) is 24.3 Å². The number of fused-ring (bicyclic) bond motifs is 1. The van der Waals surface area contributed by atoms with Crippen LogP contribution in [0.15, 0.2) is 33.9 Å². The largest absolute Gasteiger partial charge is 0.480 e. The monoisotopic (exact) mass is 305 g/mol. The number of nitrogens with one attached hydrogen (secondary N) is 2. The second-order valence-corrected chi connectivity index (χ2v) is 4.82. The zero-order chi connectivity index (χ0) is 16.3. The third kappa shape index (κ3) is 3.22. The number of aromatic amines is 1. The van der Waals surface area contributed by atoms with Gasteiger partial charge >= 0.3 is 5.97 Å². The van der Waals surface area contributed by atoms with Crippen molar-refractivity contribution in [1.82, 2.24) is 15.1 Å². The highest BCUT2D eigenvalue weighted by atomic mass is 16.4. The number of H-pyrrole nitrogens is 1. The van der Waals surface area contributed by atoms with Gasteiger partial charge in [0, 0.05) is 6.42 Å². The number of hydrogen-bond acceptors (Lipinski definition) is 4. The lowest BCUT2D eigenvalue weighted by atomic mass is 10.2. The molecule has 0 bridgehead atoms. The Morgan fingerprint density at radius 1 is 1.27 bits per heavy atom. The first-order valence-electron chi connectivity index (χ1n) is 6.64. The van der Waals surface area contributed by atoms with Crippen molar-refractivity contribution in [3.63, 3.8) is 0 Å². The summed E-state index contributed by atoms with van der Waals surface area (Å²) in [6.07, 6.45) is -0.119. The van der Waals surface area contributed by atoms with Crippen LogP contribution in [0.25, 0.3) is 10.8 Å². The van der Waals surface area contributed by atoms with Gasteiger partial charge in [0.25, 0.3) is 11.1 Å². The van der Waals surface area contributed by atoms with Gasteiger partial charge in [0.2, 0.25) is 5.91 Å². The highest BCUT2D eigenvalue weighted by Gasteiger charge is 2.14. The van der Waals surface area contributed by atoms with Crippen molar-refractivity contribution in [3.8, 4) is 0 Å². The number of hydrogen-bond donors (Lipinski definition) is 3. The average molecular weight is 305 g/mol. The van der Waals surface area contributed by atoms with Gasteiger partial charge in [0.15, 0.2) is 0 Å². The molecule has 2 rings (SSSR count). The Bertz CT molecular complexity index is 836. The number of carbonyl (C=O) groups excluding carboxylic acids is 1. The van der Waals surface area contributed by atoms with E-state index >= 15 is 0 Å². The van der Waals surface area contributed by atoms with E-state index in [2.05, 4.69) is 10.4 Å². The highest BCUT2D eigenvalue weighted by Crippen LogP contribution is 2.02. The summed E-state index contributed by atoms with van der Waals surface area (Å²) in [5.74, 6) is -1.67. The number of aryl methyl sites for hydroxylation is 1. The van der Waals surface area contributed by atoms with Crippen LogP contribution in [-0.2, 0) is 16.1 Å². The molecule has 0 aliphatic heterocycles. The Balaban J connectivity index is 2.18. The summed E-state index contributed by atoms with van der Waals surface area (Å²) in [5, 5.41) is 13.9. The van der Waals surface area contributed by atoms with Crippen molar-refractivity contribution in [3.05, 3.63) is 45.0 Å². The number of benzene rings is 1. The maximum Gasteiger partial charge on any atom is 0.325 e. The van der Waals surface area contributed by atoms with E-state index < -0.39 is 29.0 Å². The van der Waals surface area contributed by atoms with Crippen molar-refractivity contribution < 1.29 is 14.7 Å². The smallest absolute Gasteiger partial charge is 0.325 e. The van der Waals surface area contributed by atoms with Gasteiger partial charge in [-0.2, -0.15) is 0 Å². The van der Waals surface area contributed by atoms with Crippen LogP contribution in [0.4, 0.5) is 0 Å². The first-order chi connectivity index (χ1) is 10.4. The van der Waals surface area contributed by atoms with E-state index in [-0.39, 0.29) is 23.7 Å². The van der Waals surface area contributed by atoms with E-state index in [0.29, 0.717) is 0 Å². The second-order valence-electron chi connectivity index (χ2n) is 4.82. The van der Waals surface area contributed by atoms with Gasteiger partial charge in [0.1, 0.15) is 6.04 Å². The molecule has 0 saturated heterocycles. The van der Waals surface area contributed by atoms with Crippen LogP contribution in [0, 0.1) is 0 Å². The SMILES string of the molecule is C[C@H](NC(=O)CCn1[nH]c(=O)c2ccccc2c1=O)C(=O)O. The fourth-order valence-corrected chi connectivity index (χ4v) is 1.99. The van der Waals surface area contributed by atoms with E-state index in [0.717, 1.165) is 4.68 Å². The molecule has 0 spiro atoms. The zero-order valence-corrected chi connectivity index (χ0v) is 11.8. The fourth-order valence-electron chi connectivity index (χ4n) is 1.99. The van der Waals surface area contributed by atoms with E-state index in [1.807, 2.05) is 0 Å². The van der Waals surface area contributed by atoms with Gasteiger partial charge in [-0.15, -0.1) is 0 Å². The molecule has 0 aliphatic carbocycles. The van der Waals surface area contributed by atoms with Crippen LogP contribution in [0.3, 0.4) is 0 Å². The molecule has 1 amide bonds. The quantitative estimate of drug-likeness (QED) is 0.698. The molecule has 1 aromatic carbocycles. The molecule has 0 unspecified atom stereocenters. The molecular formula is C14H15N3O5. The van der Waals surface area contributed by atoms with E-state index in [4.69, 9.17) is 5.11 Å².